The zero-order chi connectivity index (χ0) is 25.1. The zero-order valence-corrected chi connectivity index (χ0v) is 20.5. The number of nitrogens with one attached hydrogen (secondary N) is 1. The average Bonchev–Trinajstić information content (AvgIpc) is 2.85. The number of benzene rings is 2. The molecule has 0 aliphatic carbocycles. The summed E-state index contributed by atoms with van der Waals surface area (Å²) in [6.07, 6.45) is 3.02. The predicted octanol–water partition coefficient (Wildman–Crippen LogP) is 4.18. The fraction of sp³-hybridized carbons (Fsp3) is 0.385. The van der Waals surface area contributed by atoms with E-state index in [2.05, 4.69) is 19.2 Å². The van der Waals surface area contributed by atoms with E-state index in [9.17, 15) is 9.59 Å². The lowest BCUT2D eigenvalue weighted by molar-refractivity contribution is -0.141. The normalized spacial score (nSPS) is 11.7. The van der Waals surface area contributed by atoms with Gasteiger partial charge in [0.15, 0.2) is 23.0 Å². The van der Waals surface area contributed by atoms with Gasteiger partial charge >= 0.3 is 5.97 Å². The van der Waals surface area contributed by atoms with Gasteiger partial charge in [-0.1, -0.05) is 26.0 Å². The number of methoxy groups -OCH3 is 4. The number of ether oxygens (including phenoxy) is 5. The van der Waals surface area contributed by atoms with Gasteiger partial charge in [-0.05, 0) is 47.4 Å². The van der Waals surface area contributed by atoms with E-state index in [4.69, 9.17) is 23.7 Å². The highest BCUT2D eigenvalue weighted by molar-refractivity contribution is 5.92. The summed E-state index contributed by atoms with van der Waals surface area (Å²) in [5.74, 6) is 1.82. The molecule has 2 aromatic rings. The van der Waals surface area contributed by atoms with E-state index in [-0.39, 0.29) is 12.3 Å². The number of amides is 1. The summed E-state index contributed by atoms with van der Waals surface area (Å²) in [4.78, 5) is 24.6. The molecule has 0 saturated carbocycles. The summed E-state index contributed by atoms with van der Waals surface area (Å²) in [7, 11) is 5.93. The van der Waals surface area contributed by atoms with Crippen molar-refractivity contribution in [3.8, 4) is 23.0 Å². The van der Waals surface area contributed by atoms with Crippen molar-refractivity contribution >= 4 is 18.0 Å². The van der Waals surface area contributed by atoms with Crippen LogP contribution in [0.15, 0.2) is 42.5 Å². The van der Waals surface area contributed by atoms with Crippen LogP contribution in [0.4, 0.5) is 0 Å². The van der Waals surface area contributed by atoms with Crippen LogP contribution in [0.1, 0.15) is 37.4 Å². The molecule has 1 unspecified atom stereocenters. The summed E-state index contributed by atoms with van der Waals surface area (Å²) in [5.41, 5.74) is 1.44. The van der Waals surface area contributed by atoms with Gasteiger partial charge in [0.25, 0.3) is 0 Å². The van der Waals surface area contributed by atoms with Crippen LogP contribution >= 0.6 is 0 Å². The van der Waals surface area contributed by atoms with E-state index >= 15 is 0 Å². The maximum Gasteiger partial charge on any atom is 0.307 e. The maximum atomic E-state index is 12.7. The predicted molar refractivity (Wildman–Crippen MR) is 129 cm³/mol. The fourth-order valence-electron chi connectivity index (χ4n) is 3.13. The third-order valence-corrected chi connectivity index (χ3v) is 4.91. The van der Waals surface area contributed by atoms with Crippen molar-refractivity contribution in [2.45, 2.75) is 26.3 Å². The molecule has 8 heteroatoms. The van der Waals surface area contributed by atoms with Crippen molar-refractivity contribution in [2.75, 3.05) is 35.0 Å². The highest BCUT2D eigenvalue weighted by Gasteiger charge is 2.20. The fourth-order valence-corrected chi connectivity index (χ4v) is 3.13. The van der Waals surface area contributed by atoms with Crippen LogP contribution in [0, 0.1) is 5.92 Å². The number of carbonyl (C=O) groups excluding carboxylic acids is 2. The molecule has 0 heterocycles. The monoisotopic (exact) mass is 471 g/mol. The van der Waals surface area contributed by atoms with Gasteiger partial charge in [0.2, 0.25) is 5.91 Å². The van der Waals surface area contributed by atoms with Crippen molar-refractivity contribution in [2.24, 2.45) is 5.92 Å². The first kappa shape index (κ1) is 26.6. The van der Waals surface area contributed by atoms with Crippen LogP contribution in [0.5, 0.6) is 23.0 Å². The molecule has 2 rings (SSSR count). The first-order chi connectivity index (χ1) is 16.3. The van der Waals surface area contributed by atoms with E-state index < -0.39 is 12.0 Å². The smallest absolute Gasteiger partial charge is 0.307 e. The highest BCUT2D eigenvalue weighted by Crippen LogP contribution is 2.31. The second kappa shape index (κ2) is 13.1. The largest absolute Gasteiger partial charge is 0.493 e. The van der Waals surface area contributed by atoms with E-state index in [0.717, 1.165) is 5.56 Å². The first-order valence-electron chi connectivity index (χ1n) is 10.9. The molecule has 1 amide bonds. The lowest BCUT2D eigenvalue weighted by atomic mass is 10.0. The number of rotatable bonds is 12. The molecular formula is C26H33NO7. The van der Waals surface area contributed by atoms with Crippen LogP contribution in [0.25, 0.3) is 6.08 Å². The van der Waals surface area contributed by atoms with Crippen LogP contribution < -0.4 is 24.3 Å². The van der Waals surface area contributed by atoms with Crippen molar-refractivity contribution in [1.29, 1.82) is 0 Å². The molecule has 0 radical (unpaired) electrons. The third-order valence-electron chi connectivity index (χ3n) is 4.91. The Morgan fingerprint density at radius 2 is 1.53 bits per heavy atom. The highest BCUT2D eigenvalue weighted by atomic mass is 16.5. The lowest BCUT2D eigenvalue weighted by Crippen LogP contribution is -2.29. The second-order valence-electron chi connectivity index (χ2n) is 7.90. The van der Waals surface area contributed by atoms with E-state index in [1.807, 2.05) is 12.1 Å². The molecule has 1 atom stereocenters. The van der Waals surface area contributed by atoms with E-state index in [0.29, 0.717) is 41.1 Å². The minimum absolute atomic E-state index is 0.0404. The Bertz CT molecular complexity index is 1000. The van der Waals surface area contributed by atoms with Gasteiger partial charge in [-0.25, -0.2) is 0 Å². The topological polar surface area (TPSA) is 92.3 Å². The Hall–Kier alpha value is -3.68. The van der Waals surface area contributed by atoms with Gasteiger partial charge in [0, 0.05) is 6.08 Å². The summed E-state index contributed by atoms with van der Waals surface area (Å²) in [6.45, 7) is 4.71. The number of hydrogen-bond acceptors (Lipinski definition) is 7. The summed E-state index contributed by atoms with van der Waals surface area (Å²) in [5, 5.41) is 2.85. The zero-order valence-electron chi connectivity index (χ0n) is 20.5. The van der Waals surface area contributed by atoms with E-state index in [1.54, 1.807) is 37.5 Å². The van der Waals surface area contributed by atoms with Crippen LogP contribution in [0.2, 0.25) is 0 Å². The Morgan fingerprint density at radius 3 is 2.15 bits per heavy atom. The molecule has 0 aromatic heterocycles. The molecule has 0 aliphatic heterocycles. The molecule has 1 N–H and O–H groups in total. The quantitative estimate of drug-likeness (QED) is 0.367. The first-order valence-corrected chi connectivity index (χ1v) is 10.9. The van der Waals surface area contributed by atoms with Crippen molar-refractivity contribution < 1.29 is 33.3 Å². The van der Waals surface area contributed by atoms with Gasteiger partial charge in [0.1, 0.15) is 0 Å². The molecular weight excluding hydrogens is 438 g/mol. The number of hydrogen-bond donors (Lipinski definition) is 1. The minimum atomic E-state index is -0.620. The molecule has 184 valence electrons. The SMILES string of the molecule is COC(=O)CC(NC(=O)/C=C/c1ccc(OCC(C)C)c(OC)c1)c1ccc(OC)c(OC)c1. The Morgan fingerprint density at radius 1 is 0.882 bits per heavy atom. The third kappa shape index (κ3) is 7.72. The number of esters is 1. The standard InChI is InChI=1S/C26H33NO7/c1-17(2)16-34-22-10-7-18(13-23(22)31-4)8-12-25(28)27-20(15-26(29)33-6)19-9-11-21(30-3)24(14-19)32-5/h7-14,17,20H,15-16H2,1-6H3,(H,27,28)/b12-8+. The second-order valence-corrected chi connectivity index (χ2v) is 7.90. The minimum Gasteiger partial charge on any atom is -0.493 e. The molecule has 2 aromatic carbocycles. The maximum absolute atomic E-state index is 12.7. The van der Waals surface area contributed by atoms with Crippen LogP contribution in [-0.4, -0.2) is 46.9 Å². The Balaban J connectivity index is 2.18. The Labute approximate surface area is 200 Å². The van der Waals surface area contributed by atoms with Crippen molar-refractivity contribution in [3.63, 3.8) is 0 Å². The molecule has 8 nitrogen and oxygen atoms in total. The molecule has 34 heavy (non-hydrogen) atoms. The molecule has 0 bridgehead atoms. The van der Waals surface area contributed by atoms with Gasteiger partial charge in [0.05, 0.1) is 47.5 Å². The van der Waals surface area contributed by atoms with Crippen molar-refractivity contribution in [1.82, 2.24) is 5.32 Å². The molecule has 0 saturated heterocycles. The summed E-state index contributed by atoms with van der Waals surface area (Å²) >= 11 is 0. The van der Waals surface area contributed by atoms with Crippen LogP contribution in [-0.2, 0) is 14.3 Å². The molecule has 0 aliphatic rings. The Kier molecular flexibility index (Phi) is 10.3. The van der Waals surface area contributed by atoms with Gasteiger partial charge < -0.3 is 29.0 Å². The van der Waals surface area contributed by atoms with Crippen LogP contribution in [0.3, 0.4) is 0 Å². The van der Waals surface area contributed by atoms with Gasteiger partial charge in [-0.3, -0.25) is 9.59 Å². The molecule has 0 spiro atoms. The van der Waals surface area contributed by atoms with Crippen molar-refractivity contribution in [3.05, 3.63) is 53.6 Å². The van der Waals surface area contributed by atoms with Gasteiger partial charge in [-0.2, -0.15) is 0 Å². The van der Waals surface area contributed by atoms with Gasteiger partial charge in [-0.15, -0.1) is 0 Å². The summed E-state index contributed by atoms with van der Waals surface area (Å²) < 4.78 is 26.6. The summed E-state index contributed by atoms with van der Waals surface area (Å²) in [6, 6.07) is 10.0. The lowest BCUT2D eigenvalue weighted by Gasteiger charge is -2.19. The molecule has 0 fully saturated rings. The van der Waals surface area contributed by atoms with E-state index in [1.165, 1.54) is 27.4 Å². The number of carbonyl (C=O) groups is 2. The average molecular weight is 472 g/mol.